The van der Waals surface area contributed by atoms with Gasteiger partial charge in [0.2, 0.25) is 0 Å². The molecule has 0 radical (unpaired) electrons. The lowest BCUT2D eigenvalue weighted by molar-refractivity contribution is -0.143. The summed E-state index contributed by atoms with van der Waals surface area (Å²) < 4.78 is 135. The number of pyridine rings is 1. The van der Waals surface area contributed by atoms with E-state index in [0.717, 1.165) is 23.1 Å². The normalized spacial score (nSPS) is 18.0. The summed E-state index contributed by atoms with van der Waals surface area (Å²) in [5, 5.41) is 8.87. The molecule has 0 aliphatic carbocycles. The van der Waals surface area contributed by atoms with Gasteiger partial charge in [-0.25, -0.2) is 4.79 Å². The number of hydrogen-bond donors (Lipinski definition) is 2. The number of rotatable bonds is 11. The molecule has 3 N–H and O–H groups in total. The molecule has 0 bridgehead atoms. The van der Waals surface area contributed by atoms with E-state index >= 15 is 0 Å². The van der Waals surface area contributed by atoms with Gasteiger partial charge in [-0.3, -0.25) is 14.7 Å². The Morgan fingerprint density at radius 2 is 1.55 bits per heavy atom. The van der Waals surface area contributed by atoms with E-state index in [4.69, 9.17) is 20.3 Å². The highest BCUT2D eigenvalue weighted by Gasteiger charge is 2.47. The second kappa shape index (κ2) is 15.0. The number of alkyl halides is 9. The van der Waals surface area contributed by atoms with Crippen LogP contribution in [-0.2, 0) is 34.5 Å². The number of benzene rings is 2. The van der Waals surface area contributed by atoms with Crippen LogP contribution in [0.15, 0.2) is 48.7 Å². The van der Waals surface area contributed by atoms with E-state index < -0.39 is 70.8 Å². The molecular weight excluding hydrogens is 701 g/mol. The average molecular weight is 736 g/mol. The molecule has 2 atom stereocenters. The Kier molecular flexibility index (Phi) is 11.5. The minimum Gasteiger partial charge on any atom is -0.492 e. The maximum atomic E-state index is 14.0. The van der Waals surface area contributed by atoms with Crippen LogP contribution in [0.1, 0.15) is 90.9 Å². The van der Waals surface area contributed by atoms with Gasteiger partial charge in [-0.1, -0.05) is 6.92 Å². The van der Waals surface area contributed by atoms with Crippen molar-refractivity contribution in [3.05, 3.63) is 87.7 Å². The third-order valence-electron chi connectivity index (χ3n) is 8.44. The number of ether oxygens (including phenoxy) is 2. The molecule has 4 rings (SSSR count). The number of amides is 1. The number of carbonyl (C=O) groups is 2. The summed E-state index contributed by atoms with van der Waals surface area (Å²) in [7, 11) is 0. The zero-order valence-corrected chi connectivity index (χ0v) is 27.3. The van der Waals surface area contributed by atoms with Crippen LogP contribution < -0.4 is 15.4 Å². The number of halogens is 9. The zero-order valence-electron chi connectivity index (χ0n) is 27.3. The largest absolute Gasteiger partial charge is 0.492 e. The Bertz CT molecular complexity index is 1710. The van der Waals surface area contributed by atoms with Crippen molar-refractivity contribution in [2.75, 3.05) is 18.1 Å². The van der Waals surface area contributed by atoms with Crippen LogP contribution in [0.3, 0.4) is 0 Å². The predicted octanol–water partition coefficient (Wildman–Crippen LogP) is 8.93. The summed E-state index contributed by atoms with van der Waals surface area (Å²) in [5.74, 6) is -2.16. The van der Waals surface area contributed by atoms with Crippen LogP contribution in [0.2, 0.25) is 0 Å². The predicted molar refractivity (Wildman–Crippen MR) is 165 cm³/mol. The monoisotopic (exact) mass is 735 g/mol. The number of aromatic nitrogens is 1. The highest BCUT2D eigenvalue weighted by atomic mass is 19.4. The number of nitrogens with zero attached hydrogens (tertiary/aromatic N) is 2. The van der Waals surface area contributed by atoms with E-state index in [1.165, 1.54) is 19.2 Å². The Morgan fingerprint density at radius 1 is 0.922 bits per heavy atom. The molecule has 2 heterocycles. The van der Waals surface area contributed by atoms with E-state index in [-0.39, 0.29) is 79.6 Å². The molecule has 51 heavy (non-hydrogen) atoms. The highest BCUT2D eigenvalue weighted by molar-refractivity contribution is 5.91. The molecule has 1 aliphatic heterocycles. The molecule has 1 amide bonds. The molecule has 8 nitrogen and oxygen atoms in total. The van der Waals surface area contributed by atoms with Gasteiger partial charge in [0.05, 0.1) is 47.5 Å². The van der Waals surface area contributed by atoms with Gasteiger partial charge in [0.15, 0.2) is 0 Å². The van der Waals surface area contributed by atoms with E-state index in [0.29, 0.717) is 12.1 Å². The van der Waals surface area contributed by atoms with Crippen LogP contribution in [-0.4, -0.2) is 41.0 Å². The summed E-state index contributed by atoms with van der Waals surface area (Å²) in [6, 6.07) is 4.96. The molecule has 0 spiro atoms. The first-order valence-corrected chi connectivity index (χ1v) is 15.8. The average Bonchev–Trinajstić information content (AvgIpc) is 3.02. The molecule has 0 unspecified atom stereocenters. The number of fused-ring (bicyclic) bond motifs is 1. The first-order valence-electron chi connectivity index (χ1n) is 15.8. The SMILES string of the molecule is CCOC(=O)N1c2ccc(C(F)(F)F)cc2[C@@H](c2ncc(OCCCCC(=O)O)cc2Cc2cc(C(F)(F)F)cc(C(F)(F)F)c2)C[C@@]1(N)CC. The maximum absolute atomic E-state index is 14.0. The van der Waals surface area contributed by atoms with Crippen molar-refractivity contribution in [3.8, 4) is 5.75 Å². The summed E-state index contributed by atoms with van der Waals surface area (Å²) in [4.78, 5) is 29.5. The van der Waals surface area contributed by atoms with Gasteiger partial charge in [0.25, 0.3) is 0 Å². The lowest BCUT2D eigenvalue weighted by Gasteiger charge is -2.47. The van der Waals surface area contributed by atoms with E-state index in [1.807, 2.05) is 0 Å². The smallest absolute Gasteiger partial charge is 0.416 e. The molecule has 0 saturated carbocycles. The minimum atomic E-state index is -5.15. The first kappa shape index (κ1) is 39.2. The molecule has 17 heteroatoms. The number of aliphatic carboxylic acids is 1. The fraction of sp³-hybridized carbons (Fsp3) is 0.441. The molecule has 3 aromatic rings. The fourth-order valence-corrected chi connectivity index (χ4v) is 5.97. The van der Waals surface area contributed by atoms with Crippen molar-refractivity contribution in [2.24, 2.45) is 5.73 Å². The topological polar surface area (TPSA) is 115 Å². The summed E-state index contributed by atoms with van der Waals surface area (Å²) in [6.45, 7) is 3.03. The number of carboxylic acids is 1. The van der Waals surface area contributed by atoms with Crippen molar-refractivity contribution in [1.29, 1.82) is 0 Å². The first-order chi connectivity index (χ1) is 23.7. The van der Waals surface area contributed by atoms with Crippen LogP contribution in [0.4, 0.5) is 50.0 Å². The van der Waals surface area contributed by atoms with Crippen molar-refractivity contribution in [1.82, 2.24) is 4.98 Å². The third kappa shape index (κ3) is 9.23. The number of anilines is 1. The van der Waals surface area contributed by atoms with Gasteiger partial charge in [0, 0.05) is 12.3 Å². The lowest BCUT2D eigenvalue weighted by Crippen LogP contribution is -2.61. The van der Waals surface area contributed by atoms with Gasteiger partial charge < -0.3 is 20.3 Å². The Hall–Kier alpha value is -4.54. The van der Waals surface area contributed by atoms with Gasteiger partial charge in [-0.15, -0.1) is 0 Å². The van der Waals surface area contributed by atoms with Crippen LogP contribution in [0.5, 0.6) is 5.75 Å². The van der Waals surface area contributed by atoms with Gasteiger partial charge in [-0.05, 0) is 98.2 Å². The molecule has 278 valence electrons. The lowest BCUT2D eigenvalue weighted by atomic mass is 9.77. The molecule has 0 saturated heterocycles. The molecule has 1 aromatic heterocycles. The maximum Gasteiger partial charge on any atom is 0.416 e. The number of unbranched alkanes of at least 4 members (excludes halogenated alkanes) is 1. The molecular formula is C34H34F9N3O5. The molecule has 0 fully saturated rings. The van der Waals surface area contributed by atoms with E-state index in [9.17, 15) is 49.1 Å². The van der Waals surface area contributed by atoms with Crippen molar-refractivity contribution < 1.29 is 63.7 Å². The summed E-state index contributed by atoms with van der Waals surface area (Å²) >= 11 is 0. The van der Waals surface area contributed by atoms with E-state index in [2.05, 4.69) is 4.98 Å². The summed E-state index contributed by atoms with van der Waals surface area (Å²) in [5.41, 5.74) is 0.371. The van der Waals surface area contributed by atoms with Crippen LogP contribution in [0.25, 0.3) is 0 Å². The number of hydrogen-bond acceptors (Lipinski definition) is 6. The highest BCUT2D eigenvalue weighted by Crippen LogP contribution is 2.49. The van der Waals surface area contributed by atoms with Crippen molar-refractivity contribution in [2.45, 2.75) is 82.5 Å². The molecule has 1 aliphatic rings. The third-order valence-corrected chi connectivity index (χ3v) is 8.44. The van der Waals surface area contributed by atoms with Crippen molar-refractivity contribution >= 4 is 17.7 Å². The molecule has 2 aromatic carbocycles. The van der Waals surface area contributed by atoms with Crippen molar-refractivity contribution in [3.63, 3.8) is 0 Å². The van der Waals surface area contributed by atoms with Crippen LogP contribution >= 0.6 is 0 Å². The van der Waals surface area contributed by atoms with Gasteiger partial charge in [0.1, 0.15) is 11.4 Å². The second-order valence-electron chi connectivity index (χ2n) is 12.0. The standard InChI is InChI=1S/C34H34F9N3O5/c1-3-31(44)17-26(25-16-21(32(35,36)37)8-9-27(25)46(31)30(49)50-4-2)29-20(14-24(18-45-29)51-10-6-5-7-28(47)48)11-19-12-22(33(38,39)40)15-23(13-19)34(41,42)43/h8-9,12-16,18,26H,3-7,10-11,17,44H2,1-2H3,(H,47,48)/t26-,31+/m0/s1. The Balaban J connectivity index is 1.93. The number of carbonyl (C=O) groups excluding carboxylic acids is 1. The number of nitrogens with two attached hydrogens (primary N) is 1. The Morgan fingerprint density at radius 3 is 2.10 bits per heavy atom. The van der Waals surface area contributed by atoms with Gasteiger partial charge >= 0.3 is 30.6 Å². The minimum absolute atomic E-state index is 0.0156. The van der Waals surface area contributed by atoms with Crippen LogP contribution in [0, 0.1) is 0 Å². The quantitative estimate of drug-likeness (QED) is 0.149. The van der Waals surface area contributed by atoms with E-state index in [1.54, 1.807) is 6.92 Å². The number of carboxylic acid groups (broad SMARTS) is 1. The Labute approximate surface area is 286 Å². The zero-order chi connectivity index (χ0) is 37.9. The summed E-state index contributed by atoms with van der Waals surface area (Å²) in [6.07, 6.45) is -15.3. The fourth-order valence-electron chi connectivity index (χ4n) is 5.97. The second-order valence-corrected chi connectivity index (χ2v) is 12.0. The van der Waals surface area contributed by atoms with Gasteiger partial charge in [-0.2, -0.15) is 39.5 Å².